The maximum atomic E-state index is 11.3. The topological polar surface area (TPSA) is 46.5 Å². The zero-order valence-corrected chi connectivity index (χ0v) is 8.22. The van der Waals surface area contributed by atoms with Gasteiger partial charge in [-0.1, -0.05) is 36.9 Å². The highest BCUT2D eigenvalue weighted by Crippen LogP contribution is 2.37. The predicted molar refractivity (Wildman–Crippen MR) is 55.0 cm³/mol. The highest BCUT2D eigenvalue weighted by molar-refractivity contribution is 5.91. The van der Waals surface area contributed by atoms with Gasteiger partial charge < -0.3 is 9.84 Å². The van der Waals surface area contributed by atoms with E-state index in [-0.39, 0.29) is 12.5 Å². The smallest absolute Gasteiger partial charge is 0.334 e. The summed E-state index contributed by atoms with van der Waals surface area (Å²) in [7, 11) is 0. The van der Waals surface area contributed by atoms with Gasteiger partial charge >= 0.3 is 5.97 Å². The van der Waals surface area contributed by atoms with Gasteiger partial charge in [0.1, 0.15) is 6.10 Å². The molecule has 15 heavy (non-hydrogen) atoms. The minimum atomic E-state index is -0.414. The Morgan fingerprint density at radius 1 is 1.33 bits per heavy atom. The first-order valence-electron chi connectivity index (χ1n) is 4.79. The van der Waals surface area contributed by atoms with Crippen LogP contribution >= 0.6 is 0 Å². The first-order chi connectivity index (χ1) is 7.24. The monoisotopic (exact) mass is 204 g/mol. The summed E-state index contributed by atoms with van der Waals surface area (Å²) >= 11 is 0. The number of hydrogen-bond acceptors (Lipinski definition) is 3. The predicted octanol–water partition coefficient (Wildman–Crippen LogP) is 1.45. The molecule has 1 aliphatic rings. The van der Waals surface area contributed by atoms with Crippen molar-refractivity contribution in [2.75, 3.05) is 6.61 Å². The normalized spacial score (nSPS) is 25.4. The van der Waals surface area contributed by atoms with E-state index in [1.54, 1.807) is 0 Å². The van der Waals surface area contributed by atoms with E-state index >= 15 is 0 Å². The first kappa shape index (κ1) is 9.93. The zero-order chi connectivity index (χ0) is 10.8. The van der Waals surface area contributed by atoms with Gasteiger partial charge in [-0.3, -0.25) is 0 Å². The van der Waals surface area contributed by atoms with Crippen LogP contribution in [0.3, 0.4) is 0 Å². The minimum Gasteiger partial charge on any atom is -0.453 e. The number of esters is 1. The molecule has 0 amide bonds. The third-order valence-corrected chi connectivity index (χ3v) is 2.63. The Labute approximate surface area is 88.0 Å². The molecular weight excluding hydrogens is 192 g/mol. The number of benzene rings is 1. The molecule has 0 aliphatic carbocycles. The summed E-state index contributed by atoms with van der Waals surface area (Å²) in [6.45, 7) is 3.51. The fraction of sp³-hybridized carbons (Fsp3) is 0.250. The van der Waals surface area contributed by atoms with Crippen molar-refractivity contribution in [3.8, 4) is 0 Å². The minimum absolute atomic E-state index is 0.121. The van der Waals surface area contributed by atoms with Crippen LogP contribution in [0.15, 0.2) is 42.5 Å². The molecule has 1 heterocycles. The Hall–Kier alpha value is -1.61. The van der Waals surface area contributed by atoms with Crippen molar-refractivity contribution in [3.63, 3.8) is 0 Å². The van der Waals surface area contributed by atoms with Crippen LogP contribution in [0.25, 0.3) is 0 Å². The number of aliphatic hydroxyl groups excluding tert-OH is 1. The van der Waals surface area contributed by atoms with Crippen LogP contribution in [0.4, 0.5) is 0 Å². The van der Waals surface area contributed by atoms with Crippen molar-refractivity contribution in [3.05, 3.63) is 48.0 Å². The molecule has 2 rings (SSSR count). The van der Waals surface area contributed by atoms with E-state index in [4.69, 9.17) is 4.74 Å². The summed E-state index contributed by atoms with van der Waals surface area (Å²) in [5, 5.41) is 9.19. The lowest BCUT2D eigenvalue weighted by Crippen LogP contribution is -2.12. The van der Waals surface area contributed by atoms with Gasteiger partial charge in [0.15, 0.2) is 0 Å². The van der Waals surface area contributed by atoms with Gasteiger partial charge in [-0.05, 0) is 5.56 Å². The molecule has 2 atom stereocenters. The second-order valence-electron chi connectivity index (χ2n) is 3.55. The third-order valence-electron chi connectivity index (χ3n) is 2.63. The van der Waals surface area contributed by atoms with Crippen molar-refractivity contribution in [1.29, 1.82) is 0 Å². The van der Waals surface area contributed by atoms with Crippen LogP contribution in [-0.4, -0.2) is 17.7 Å². The van der Waals surface area contributed by atoms with Gasteiger partial charge in [-0.25, -0.2) is 4.79 Å². The maximum absolute atomic E-state index is 11.3. The van der Waals surface area contributed by atoms with E-state index in [2.05, 4.69) is 6.58 Å². The number of rotatable bonds is 2. The fourth-order valence-electron chi connectivity index (χ4n) is 1.76. The molecule has 0 aromatic heterocycles. The van der Waals surface area contributed by atoms with Crippen LogP contribution in [0.5, 0.6) is 0 Å². The molecule has 1 aromatic carbocycles. The summed E-state index contributed by atoms with van der Waals surface area (Å²) in [4.78, 5) is 11.3. The number of carbonyl (C=O) groups excluding carboxylic acids is 1. The SMILES string of the molecule is C=C1C(=O)O[C@@H](c2ccccc2)[C@@H]1CO. The lowest BCUT2D eigenvalue weighted by Gasteiger charge is -2.15. The van der Waals surface area contributed by atoms with Gasteiger partial charge in [0.2, 0.25) is 0 Å². The fourth-order valence-corrected chi connectivity index (χ4v) is 1.76. The molecule has 0 bridgehead atoms. The molecule has 1 N–H and O–H groups in total. The summed E-state index contributed by atoms with van der Waals surface area (Å²) in [5.41, 5.74) is 1.25. The summed E-state index contributed by atoms with van der Waals surface area (Å²) < 4.78 is 5.16. The summed E-state index contributed by atoms with van der Waals surface area (Å²) in [6.07, 6.45) is -0.392. The van der Waals surface area contributed by atoms with E-state index in [1.807, 2.05) is 30.3 Å². The number of carbonyl (C=O) groups is 1. The highest BCUT2D eigenvalue weighted by atomic mass is 16.6. The molecule has 1 fully saturated rings. The number of hydrogen-bond donors (Lipinski definition) is 1. The second-order valence-corrected chi connectivity index (χ2v) is 3.55. The van der Waals surface area contributed by atoms with Crippen molar-refractivity contribution < 1.29 is 14.6 Å². The van der Waals surface area contributed by atoms with E-state index in [0.717, 1.165) is 5.56 Å². The van der Waals surface area contributed by atoms with Crippen LogP contribution in [0, 0.1) is 5.92 Å². The molecule has 0 radical (unpaired) electrons. The van der Waals surface area contributed by atoms with Crippen molar-refractivity contribution >= 4 is 5.97 Å². The van der Waals surface area contributed by atoms with Crippen LogP contribution in [0.2, 0.25) is 0 Å². The number of cyclic esters (lactones) is 1. The Bertz CT molecular complexity index is 383. The van der Waals surface area contributed by atoms with Crippen molar-refractivity contribution in [1.82, 2.24) is 0 Å². The molecule has 0 spiro atoms. The second kappa shape index (κ2) is 3.87. The van der Waals surface area contributed by atoms with Gasteiger partial charge in [-0.15, -0.1) is 0 Å². The maximum Gasteiger partial charge on any atom is 0.334 e. The van der Waals surface area contributed by atoms with Gasteiger partial charge in [0.25, 0.3) is 0 Å². The Morgan fingerprint density at radius 3 is 2.60 bits per heavy atom. The molecule has 0 unspecified atom stereocenters. The Kier molecular flexibility index (Phi) is 2.56. The molecule has 1 aromatic rings. The number of ether oxygens (including phenoxy) is 1. The van der Waals surface area contributed by atoms with Crippen molar-refractivity contribution in [2.24, 2.45) is 5.92 Å². The lowest BCUT2D eigenvalue weighted by atomic mass is 9.93. The highest BCUT2D eigenvalue weighted by Gasteiger charge is 2.38. The molecule has 78 valence electrons. The van der Waals surface area contributed by atoms with E-state index in [1.165, 1.54) is 0 Å². The average Bonchev–Trinajstić information content (AvgIpc) is 2.56. The molecular formula is C12H12O3. The molecule has 1 saturated heterocycles. The molecule has 1 aliphatic heterocycles. The largest absolute Gasteiger partial charge is 0.453 e. The number of aliphatic hydroxyl groups is 1. The third kappa shape index (κ3) is 1.66. The van der Waals surface area contributed by atoms with Gasteiger partial charge in [0.05, 0.1) is 12.5 Å². The van der Waals surface area contributed by atoms with E-state index in [9.17, 15) is 9.90 Å². The average molecular weight is 204 g/mol. The van der Waals surface area contributed by atoms with Gasteiger partial charge in [-0.2, -0.15) is 0 Å². The van der Waals surface area contributed by atoms with Crippen LogP contribution in [-0.2, 0) is 9.53 Å². The molecule has 0 saturated carbocycles. The van der Waals surface area contributed by atoms with Crippen LogP contribution in [0.1, 0.15) is 11.7 Å². The van der Waals surface area contributed by atoms with E-state index in [0.29, 0.717) is 5.57 Å². The summed E-state index contributed by atoms with van der Waals surface area (Å²) in [5.74, 6) is -0.734. The first-order valence-corrected chi connectivity index (χ1v) is 4.79. The summed E-state index contributed by atoms with van der Waals surface area (Å²) in [6, 6.07) is 9.39. The van der Waals surface area contributed by atoms with E-state index < -0.39 is 12.1 Å². The van der Waals surface area contributed by atoms with Crippen LogP contribution < -0.4 is 0 Å². The quantitative estimate of drug-likeness (QED) is 0.586. The standard InChI is InChI=1S/C12H12O3/c1-8-10(7-13)11(15-12(8)14)9-5-3-2-4-6-9/h2-6,10-11,13H,1,7H2/t10-,11+/m1/s1. The van der Waals surface area contributed by atoms with Gasteiger partial charge in [0, 0.05) is 5.57 Å². The Balaban J connectivity index is 2.31. The lowest BCUT2D eigenvalue weighted by molar-refractivity contribution is -0.139. The Morgan fingerprint density at radius 2 is 2.00 bits per heavy atom. The zero-order valence-electron chi connectivity index (χ0n) is 8.22. The molecule has 3 nitrogen and oxygen atoms in total. The molecule has 3 heteroatoms. The van der Waals surface area contributed by atoms with Crippen molar-refractivity contribution in [2.45, 2.75) is 6.10 Å².